The molecule has 0 saturated heterocycles. The monoisotopic (exact) mass is 315 g/mol. The van der Waals surface area contributed by atoms with Crippen molar-refractivity contribution in [3.8, 4) is 0 Å². The number of hydrogen-bond donors (Lipinski definition) is 3. The van der Waals surface area contributed by atoms with Crippen LogP contribution < -0.4 is 5.32 Å². The summed E-state index contributed by atoms with van der Waals surface area (Å²) >= 11 is 3.24. The molecule has 5 nitrogen and oxygen atoms in total. The van der Waals surface area contributed by atoms with E-state index >= 15 is 0 Å². The summed E-state index contributed by atoms with van der Waals surface area (Å²) in [5.41, 5.74) is 1.27. The molecule has 0 aromatic heterocycles. The molecule has 1 aromatic rings. The van der Waals surface area contributed by atoms with E-state index in [9.17, 15) is 9.59 Å². The predicted octanol–water partition coefficient (Wildman–Crippen LogP) is 1.32. The van der Waals surface area contributed by atoms with Gasteiger partial charge in [-0.25, -0.2) is 4.79 Å². The first-order valence-corrected chi connectivity index (χ1v) is 6.15. The Kier molecular flexibility index (Phi) is 5.30. The van der Waals surface area contributed by atoms with E-state index in [1.165, 1.54) is 0 Å². The number of aliphatic hydroxyl groups is 1. The van der Waals surface area contributed by atoms with Gasteiger partial charge in [-0.05, 0) is 35.0 Å². The normalized spacial score (nSPS) is 11.9. The van der Waals surface area contributed by atoms with Crippen LogP contribution in [0.4, 0.5) is 0 Å². The fourth-order valence-corrected chi connectivity index (χ4v) is 1.86. The van der Waals surface area contributed by atoms with E-state index in [0.29, 0.717) is 10.0 Å². The molecule has 0 radical (unpaired) electrons. The van der Waals surface area contributed by atoms with Crippen molar-refractivity contribution in [1.82, 2.24) is 5.32 Å². The molecule has 0 aliphatic carbocycles. The van der Waals surface area contributed by atoms with E-state index in [-0.39, 0.29) is 13.0 Å². The van der Waals surface area contributed by atoms with Gasteiger partial charge in [-0.1, -0.05) is 11.6 Å². The largest absolute Gasteiger partial charge is 0.480 e. The Morgan fingerprint density at radius 3 is 2.67 bits per heavy atom. The Balaban J connectivity index is 2.86. The lowest BCUT2D eigenvalue weighted by Crippen LogP contribution is -2.41. The minimum atomic E-state index is -1.17. The van der Waals surface area contributed by atoms with Crippen LogP contribution >= 0.6 is 15.9 Å². The van der Waals surface area contributed by atoms with Gasteiger partial charge in [-0.15, -0.1) is 0 Å². The summed E-state index contributed by atoms with van der Waals surface area (Å²) in [6, 6.07) is 4.14. The number of carboxylic acids is 1. The summed E-state index contributed by atoms with van der Waals surface area (Å²) in [7, 11) is 0. The van der Waals surface area contributed by atoms with Gasteiger partial charge in [0.1, 0.15) is 6.04 Å². The first-order chi connectivity index (χ1) is 8.45. The SMILES string of the molecule is Cc1ccc(Br)c(C(=O)N[C@@H](CCO)C(=O)O)c1. The van der Waals surface area contributed by atoms with E-state index < -0.39 is 17.9 Å². The van der Waals surface area contributed by atoms with Crippen molar-refractivity contribution in [1.29, 1.82) is 0 Å². The van der Waals surface area contributed by atoms with Crippen LogP contribution in [0.5, 0.6) is 0 Å². The fraction of sp³-hybridized carbons (Fsp3) is 0.333. The number of aliphatic hydroxyl groups excluding tert-OH is 1. The molecule has 0 heterocycles. The molecule has 1 rings (SSSR count). The lowest BCUT2D eigenvalue weighted by atomic mass is 10.1. The molecule has 0 aliphatic heterocycles. The number of aliphatic carboxylic acids is 1. The molecule has 3 N–H and O–H groups in total. The summed E-state index contributed by atoms with van der Waals surface area (Å²) < 4.78 is 0.596. The molecule has 0 spiro atoms. The van der Waals surface area contributed by atoms with Gasteiger partial charge < -0.3 is 15.5 Å². The van der Waals surface area contributed by atoms with Gasteiger partial charge in [0.2, 0.25) is 0 Å². The van der Waals surface area contributed by atoms with E-state index in [0.717, 1.165) is 5.56 Å². The number of benzene rings is 1. The Hall–Kier alpha value is -1.40. The molecule has 1 atom stereocenters. The third-order valence-electron chi connectivity index (χ3n) is 2.39. The highest BCUT2D eigenvalue weighted by Crippen LogP contribution is 2.18. The second-order valence-corrected chi connectivity index (χ2v) is 4.71. The standard InChI is InChI=1S/C12H14BrNO4/c1-7-2-3-9(13)8(6-7)11(16)14-10(4-5-15)12(17)18/h2-3,6,10,15H,4-5H2,1H3,(H,14,16)(H,17,18)/t10-/m0/s1. The maximum Gasteiger partial charge on any atom is 0.326 e. The third-order valence-corrected chi connectivity index (χ3v) is 3.08. The summed E-state index contributed by atoms with van der Waals surface area (Å²) in [4.78, 5) is 22.8. The Bertz CT molecular complexity index is 461. The molecule has 98 valence electrons. The van der Waals surface area contributed by atoms with Gasteiger partial charge in [0.25, 0.3) is 5.91 Å². The third kappa shape index (κ3) is 3.82. The van der Waals surface area contributed by atoms with Crippen LogP contribution in [0.3, 0.4) is 0 Å². The number of halogens is 1. The van der Waals surface area contributed by atoms with Crippen molar-refractivity contribution in [2.75, 3.05) is 6.61 Å². The highest BCUT2D eigenvalue weighted by Gasteiger charge is 2.21. The van der Waals surface area contributed by atoms with Crippen LogP contribution in [0.15, 0.2) is 22.7 Å². The minimum absolute atomic E-state index is 0.0233. The van der Waals surface area contributed by atoms with Crippen LogP contribution in [0.1, 0.15) is 22.3 Å². The van der Waals surface area contributed by atoms with E-state index in [2.05, 4.69) is 21.2 Å². The van der Waals surface area contributed by atoms with Gasteiger partial charge in [-0.3, -0.25) is 4.79 Å². The van der Waals surface area contributed by atoms with Crippen LogP contribution in [0, 0.1) is 6.92 Å². The Morgan fingerprint density at radius 1 is 1.44 bits per heavy atom. The minimum Gasteiger partial charge on any atom is -0.480 e. The summed E-state index contributed by atoms with van der Waals surface area (Å²) in [5, 5.41) is 20.0. The van der Waals surface area contributed by atoms with Gasteiger partial charge in [0, 0.05) is 17.5 Å². The molecule has 18 heavy (non-hydrogen) atoms. The summed E-state index contributed by atoms with van der Waals surface area (Å²) in [5.74, 6) is -1.65. The van der Waals surface area contributed by atoms with Crippen molar-refractivity contribution in [3.05, 3.63) is 33.8 Å². The topological polar surface area (TPSA) is 86.6 Å². The number of nitrogens with one attached hydrogen (secondary N) is 1. The summed E-state index contributed by atoms with van der Waals surface area (Å²) in [6.45, 7) is 1.54. The second kappa shape index (κ2) is 6.51. The van der Waals surface area contributed by atoms with Crippen molar-refractivity contribution in [3.63, 3.8) is 0 Å². The molecule has 0 fully saturated rings. The lowest BCUT2D eigenvalue weighted by molar-refractivity contribution is -0.139. The molecular weight excluding hydrogens is 302 g/mol. The number of carbonyl (C=O) groups is 2. The van der Waals surface area contributed by atoms with Crippen molar-refractivity contribution in [2.45, 2.75) is 19.4 Å². The number of aryl methyl sites for hydroxylation is 1. The van der Waals surface area contributed by atoms with E-state index in [4.69, 9.17) is 10.2 Å². The smallest absolute Gasteiger partial charge is 0.326 e. The number of rotatable bonds is 5. The molecule has 0 unspecified atom stereocenters. The first-order valence-electron chi connectivity index (χ1n) is 5.36. The molecule has 1 amide bonds. The zero-order valence-corrected chi connectivity index (χ0v) is 11.4. The maximum atomic E-state index is 11.9. The van der Waals surface area contributed by atoms with Crippen LogP contribution in [-0.4, -0.2) is 34.7 Å². The Morgan fingerprint density at radius 2 is 2.11 bits per heavy atom. The van der Waals surface area contributed by atoms with E-state index in [1.807, 2.05) is 13.0 Å². The van der Waals surface area contributed by atoms with Crippen LogP contribution in [-0.2, 0) is 4.79 Å². The van der Waals surface area contributed by atoms with Gasteiger partial charge >= 0.3 is 5.97 Å². The van der Waals surface area contributed by atoms with Crippen molar-refractivity contribution in [2.24, 2.45) is 0 Å². The molecule has 6 heteroatoms. The maximum absolute atomic E-state index is 11.9. The number of amides is 1. The molecule has 1 aromatic carbocycles. The van der Waals surface area contributed by atoms with Crippen molar-refractivity contribution < 1.29 is 19.8 Å². The first kappa shape index (κ1) is 14.7. The van der Waals surface area contributed by atoms with Gasteiger partial charge in [0.05, 0.1) is 5.56 Å². The quantitative estimate of drug-likeness (QED) is 0.765. The molecular formula is C12H14BrNO4. The Labute approximate surface area is 113 Å². The van der Waals surface area contributed by atoms with Crippen molar-refractivity contribution >= 4 is 27.8 Å². The average Bonchev–Trinajstić information content (AvgIpc) is 2.31. The predicted molar refractivity (Wildman–Crippen MR) is 69.5 cm³/mol. The number of hydrogen-bond acceptors (Lipinski definition) is 3. The fourth-order valence-electron chi connectivity index (χ4n) is 1.44. The molecule has 0 saturated carbocycles. The highest BCUT2D eigenvalue weighted by molar-refractivity contribution is 9.10. The van der Waals surface area contributed by atoms with Gasteiger partial charge in [0.15, 0.2) is 0 Å². The van der Waals surface area contributed by atoms with E-state index in [1.54, 1.807) is 12.1 Å². The number of carbonyl (C=O) groups excluding carboxylic acids is 1. The second-order valence-electron chi connectivity index (χ2n) is 3.86. The zero-order chi connectivity index (χ0) is 13.7. The number of carboxylic acid groups (broad SMARTS) is 1. The lowest BCUT2D eigenvalue weighted by Gasteiger charge is -2.14. The highest BCUT2D eigenvalue weighted by atomic mass is 79.9. The molecule has 0 bridgehead atoms. The van der Waals surface area contributed by atoms with Crippen LogP contribution in [0.2, 0.25) is 0 Å². The summed E-state index contributed by atoms with van der Waals surface area (Å²) in [6.07, 6.45) is -0.0233. The zero-order valence-electron chi connectivity index (χ0n) is 9.81. The average molecular weight is 316 g/mol. The molecule has 0 aliphatic rings. The van der Waals surface area contributed by atoms with Crippen LogP contribution in [0.25, 0.3) is 0 Å². The van der Waals surface area contributed by atoms with Gasteiger partial charge in [-0.2, -0.15) is 0 Å².